The number of rotatable bonds is 21. The van der Waals surface area contributed by atoms with Gasteiger partial charge in [0.2, 0.25) is 35.7 Å². The van der Waals surface area contributed by atoms with Gasteiger partial charge in [-0.25, -0.2) is 13.3 Å². The molecule has 0 spiro atoms. The molecule has 0 aliphatic carbocycles. The number of anilines is 10. The summed E-state index contributed by atoms with van der Waals surface area (Å²) in [6.45, 7) is 0.313. The number of para-hydroxylation sites is 2. The molecular formula is C39H40N12Na2O9S2. The molecule has 25 heteroatoms. The number of aliphatic hydroxyl groups is 1. The van der Waals surface area contributed by atoms with Crippen molar-refractivity contribution in [1.82, 2.24) is 29.9 Å². The molecule has 6 aromatic rings. The first kappa shape index (κ1) is 52.1. The number of nitrogens with zero attached hydrogens (tertiary/aromatic N) is 9. The molecule has 0 saturated heterocycles. The molecule has 0 aliphatic rings. The molecule has 2 aromatic heterocycles. The monoisotopic (exact) mass is 930 g/mol. The van der Waals surface area contributed by atoms with Crippen LogP contribution in [0.15, 0.2) is 107 Å². The van der Waals surface area contributed by atoms with Crippen LogP contribution in [0.3, 0.4) is 0 Å². The van der Waals surface area contributed by atoms with Gasteiger partial charge in [0.25, 0.3) is 0 Å². The summed E-state index contributed by atoms with van der Waals surface area (Å²) >= 11 is 0.588. The molecule has 0 unspecified atom stereocenters. The maximum atomic E-state index is 12.7. The van der Waals surface area contributed by atoms with Crippen LogP contribution in [0.1, 0.15) is 11.1 Å². The van der Waals surface area contributed by atoms with Crippen molar-refractivity contribution >= 4 is 92.8 Å². The third kappa shape index (κ3) is 14.7. The molecule has 0 bridgehead atoms. The zero-order valence-corrected chi connectivity index (χ0v) is 40.9. The molecule has 0 fully saturated rings. The third-order valence-electron chi connectivity index (χ3n) is 8.75. The van der Waals surface area contributed by atoms with E-state index in [0.29, 0.717) is 33.9 Å². The van der Waals surface area contributed by atoms with E-state index in [0.717, 1.165) is 5.69 Å². The van der Waals surface area contributed by atoms with Crippen LogP contribution in [0.4, 0.5) is 58.4 Å². The number of likely N-dealkylation sites (N-methyl/N-ethyl adjacent to an activating group) is 2. The van der Waals surface area contributed by atoms with Gasteiger partial charge in [0, 0.05) is 61.9 Å². The standard InChI is InChI=1S/C39H42N12O9S2.2Na/c1-49(20-22-52)37-44-34(40-28-10-6-4-7-11-28)43-35(45-37)42-30-18-16-26(32(24-30)61-60-59-54)14-15-27-17-19-31(25-33(27)62(55,56)57)51(3)39-47-36(41-29-12-8-5-9-13-29)46-38(48-39)50(2)21-23-58-53;;/h4-19,24-25,52-54H,20-23H2,1-3H3,(H,55,56,57)(H,41,46,47,48)(H2,40,42,43,44,45);;/q;2*+1/p-2/b15-14+;;. The van der Waals surface area contributed by atoms with Crippen LogP contribution in [0, 0.1) is 0 Å². The molecule has 21 nitrogen and oxygen atoms in total. The molecular weight excluding hydrogens is 891 g/mol. The molecule has 64 heavy (non-hydrogen) atoms. The van der Waals surface area contributed by atoms with E-state index < -0.39 is 15.0 Å². The maximum absolute atomic E-state index is 12.7. The van der Waals surface area contributed by atoms with Gasteiger partial charge in [-0.2, -0.15) is 34.2 Å². The fourth-order valence-corrected chi connectivity index (χ4v) is 6.79. The summed E-state index contributed by atoms with van der Waals surface area (Å²) in [5.41, 5.74) is 2.66. The summed E-state index contributed by atoms with van der Waals surface area (Å²) in [5.74, 6) is 1.14. The molecule has 6 rings (SSSR count). The van der Waals surface area contributed by atoms with E-state index in [-0.39, 0.29) is 132 Å². The zero-order chi connectivity index (χ0) is 44.1. The van der Waals surface area contributed by atoms with Gasteiger partial charge >= 0.3 is 59.1 Å². The number of hydrogen-bond donors (Lipinski definition) is 5. The minimum atomic E-state index is -5.04. The molecule has 0 saturated carbocycles. The van der Waals surface area contributed by atoms with Gasteiger partial charge in [0.05, 0.1) is 30.2 Å². The Kier molecular flexibility index (Phi) is 20.5. The Balaban J connectivity index is 0.00000449. The zero-order valence-electron chi connectivity index (χ0n) is 35.3. The van der Waals surface area contributed by atoms with Crippen molar-refractivity contribution in [3.8, 4) is 0 Å². The van der Waals surface area contributed by atoms with E-state index in [9.17, 15) is 23.3 Å². The number of aliphatic hydroxyl groups excluding tert-OH is 1. The van der Waals surface area contributed by atoms with Crippen molar-refractivity contribution < 1.29 is 102 Å². The van der Waals surface area contributed by atoms with Gasteiger partial charge in [-0.15, -0.1) is 0 Å². The number of benzene rings is 4. The van der Waals surface area contributed by atoms with Crippen LogP contribution in [-0.2, 0) is 24.4 Å². The first-order chi connectivity index (χ1) is 29.9. The van der Waals surface area contributed by atoms with Crippen LogP contribution in [-0.4, -0.2) is 101 Å². The largest absolute Gasteiger partial charge is 1.00 e. The SMILES string of the molecule is CN(CCO)c1nc(Nc2ccccc2)nc(Nc2ccc(/C=C/c3ccc(N(C)c4nc(Nc5ccccc5)nc(N(C)CCOO)n4)cc3S(=O)(=O)[O-])c(SOO[O-])c2)n1.[Na+].[Na+]. The third-order valence-corrected chi connectivity index (χ3v) is 10.3. The van der Waals surface area contributed by atoms with Crippen molar-refractivity contribution in [3.05, 3.63) is 108 Å². The minimum Gasteiger partial charge on any atom is -0.744 e. The van der Waals surface area contributed by atoms with Gasteiger partial charge in [-0.3, -0.25) is 10.3 Å². The van der Waals surface area contributed by atoms with Crippen LogP contribution in [0.25, 0.3) is 12.2 Å². The minimum absolute atomic E-state index is 0. The van der Waals surface area contributed by atoms with E-state index in [4.69, 9.17) is 5.26 Å². The van der Waals surface area contributed by atoms with Gasteiger partial charge in [0.1, 0.15) is 10.1 Å². The van der Waals surface area contributed by atoms with Crippen LogP contribution in [0.2, 0.25) is 0 Å². The quantitative estimate of drug-likeness (QED) is 0.0141. The van der Waals surface area contributed by atoms with E-state index in [1.807, 2.05) is 60.7 Å². The summed E-state index contributed by atoms with van der Waals surface area (Å²) in [6, 6.07) is 27.6. The summed E-state index contributed by atoms with van der Waals surface area (Å²) in [7, 11) is -0.0404. The average Bonchev–Trinajstić information content (AvgIpc) is 3.27. The molecule has 4 aromatic carbocycles. The summed E-state index contributed by atoms with van der Waals surface area (Å²) in [5, 5.41) is 42.3. The van der Waals surface area contributed by atoms with Crippen LogP contribution in [0.5, 0.6) is 0 Å². The molecule has 5 N–H and O–H groups in total. The van der Waals surface area contributed by atoms with E-state index in [1.165, 1.54) is 29.2 Å². The van der Waals surface area contributed by atoms with Crippen LogP contribution < -0.4 is 95.0 Å². The second kappa shape index (κ2) is 25.2. The number of nitrogens with one attached hydrogen (secondary N) is 3. The van der Waals surface area contributed by atoms with Crippen molar-refractivity contribution in [2.45, 2.75) is 9.79 Å². The first-order valence-corrected chi connectivity index (χ1v) is 20.6. The second-order valence-corrected chi connectivity index (χ2v) is 15.2. The molecule has 2 heterocycles. The first-order valence-electron chi connectivity index (χ1n) is 18.5. The van der Waals surface area contributed by atoms with Crippen molar-refractivity contribution in [2.24, 2.45) is 0 Å². The molecule has 0 amide bonds. The topological polar surface area (TPSA) is 272 Å². The van der Waals surface area contributed by atoms with Crippen molar-refractivity contribution in [1.29, 1.82) is 0 Å². The Labute approximate surface area is 417 Å². The fraction of sp³-hybridized carbons (Fsp3) is 0.179. The predicted molar refractivity (Wildman–Crippen MR) is 230 cm³/mol. The van der Waals surface area contributed by atoms with Gasteiger partial charge in [-0.05, 0) is 59.7 Å². The average molecular weight is 931 g/mol. The molecule has 324 valence electrons. The molecule has 0 aliphatic heterocycles. The van der Waals surface area contributed by atoms with E-state index >= 15 is 0 Å². The predicted octanol–water partition coefficient (Wildman–Crippen LogP) is -1.28. The summed E-state index contributed by atoms with van der Waals surface area (Å²) < 4.78 is 42.8. The Hall–Kier alpha value is -4.54. The van der Waals surface area contributed by atoms with Crippen LogP contribution >= 0.6 is 12.0 Å². The normalized spacial score (nSPS) is 11.0. The summed E-state index contributed by atoms with van der Waals surface area (Å²) in [4.78, 5) is 35.8. The molecule has 0 atom stereocenters. The Morgan fingerprint density at radius 1 is 0.688 bits per heavy atom. The van der Waals surface area contributed by atoms with Gasteiger partial charge in [-0.1, -0.05) is 60.7 Å². The second-order valence-electron chi connectivity index (χ2n) is 13.1. The number of hydrogen-bond acceptors (Lipinski definition) is 22. The Morgan fingerprint density at radius 2 is 1.22 bits per heavy atom. The fourth-order valence-electron chi connectivity index (χ4n) is 5.59. The number of aromatic nitrogens is 6. The van der Waals surface area contributed by atoms with Crippen molar-refractivity contribution in [2.75, 3.05) is 78.1 Å². The summed E-state index contributed by atoms with van der Waals surface area (Å²) in [6.07, 6.45) is 2.96. The molecule has 0 radical (unpaired) electrons. The van der Waals surface area contributed by atoms with Crippen molar-refractivity contribution in [3.63, 3.8) is 0 Å². The van der Waals surface area contributed by atoms with E-state index in [2.05, 4.69) is 60.1 Å². The van der Waals surface area contributed by atoms with Gasteiger partial charge < -0.3 is 45.6 Å². The smallest absolute Gasteiger partial charge is 0.744 e. The van der Waals surface area contributed by atoms with E-state index in [1.54, 1.807) is 55.2 Å². The maximum Gasteiger partial charge on any atom is 1.00 e. The Morgan fingerprint density at radius 3 is 1.80 bits per heavy atom. The van der Waals surface area contributed by atoms with Gasteiger partial charge in [0.15, 0.2) is 0 Å². The Bertz CT molecular complexity index is 2580.